The van der Waals surface area contributed by atoms with Crippen molar-refractivity contribution >= 4 is 17.7 Å². The average molecular weight is 486 g/mol. The monoisotopic (exact) mass is 485 g/mol. The number of carbonyl (C=O) groups excluding carboxylic acids is 2. The summed E-state index contributed by atoms with van der Waals surface area (Å²) in [6.45, 7) is 3.36. The van der Waals surface area contributed by atoms with E-state index >= 15 is 0 Å². The van der Waals surface area contributed by atoms with Gasteiger partial charge < -0.3 is 20.2 Å². The Hall–Kier alpha value is -3.56. The van der Waals surface area contributed by atoms with E-state index in [1.165, 1.54) is 24.0 Å². The lowest BCUT2D eigenvalue weighted by Gasteiger charge is -2.28. The molecule has 0 aliphatic carbocycles. The first kappa shape index (κ1) is 26.1. The third kappa shape index (κ3) is 7.46. The van der Waals surface area contributed by atoms with E-state index < -0.39 is 29.7 Å². The van der Waals surface area contributed by atoms with Crippen LogP contribution in [-0.2, 0) is 24.2 Å². The number of furan rings is 1. The smallest absolute Gasteiger partial charge is 0.290 e. The zero-order valence-electron chi connectivity index (χ0n) is 19.6. The molecular weight excluding hydrogens is 456 g/mol. The van der Waals surface area contributed by atoms with Gasteiger partial charge in [0, 0.05) is 38.2 Å². The molecule has 4 N–H and O–H groups in total. The van der Waals surface area contributed by atoms with Crippen molar-refractivity contribution < 1.29 is 27.9 Å². The van der Waals surface area contributed by atoms with Crippen molar-refractivity contribution in [2.75, 3.05) is 11.9 Å². The minimum absolute atomic E-state index is 0.0105. The number of nitrogens with two attached hydrogens (primary N) is 1. The van der Waals surface area contributed by atoms with Gasteiger partial charge in [-0.1, -0.05) is 31.2 Å². The molecule has 3 rings (SSSR count). The molecule has 0 aliphatic heterocycles. The van der Waals surface area contributed by atoms with Gasteiger partial charge in [0.15, 0.2) is 11.6 Å². The first-order valence-electron chi connectivity index (χ1n) is 11.3. The molecule has 2 amide bonds. The van der Waals surface area contributed by atoms with Crippen LogP contribution >= 0.6 is 0 Å². The maximum Gasteiger partial charge on any atom is 0.290 e. The largest absolute Gasteiger partial charge is 0.435 e. The number of nitrogens with one attached hydrogen (secondary N) is 1. The Kier molecular flexibility index (Phi) is 8.73. The maximum absolute atomic E-state index is 13.5. The van der Waals surface area contributed by atoms with Crippen LogP contribution in [0.2, 0.25) is 0 Å². The van der Waals surface area contributed by atoms with Crippen molar-refractivity contribution in [3.05, 3.63) is 88.7 Å². The predicted molar refractivity (Wildman–Crippen MR) is 128 cm³/mol. The van der Waals surface area contributed by atoms with Crippen molar-refractivity contribution in [3.8, 4) is 0 Å². The molecule has 35 heavy (non-hydrogen) atoms. The molecule has 0 spiro atoms. The topological polar surface area (TPSA) is 109 Å². The van der Waals surface area contributed by atoms with Crippen molar-refractivity contribution in [3.63, 3.8) is 0 Å². The van der Waals surface area contributed by atoms with Gasteiger partial charge in [-0.2, -0.15) is 0 Å². The maximum atomic E-state index is 13.5. The van der Waals surface area contributed by atoms with Gasteiger partial charge in [-0.3, -0.25) is 14.9 Å². The highest BCUT2D eigenvalue weighted by Crippen LogP contribution is 2.19. The highest BCUT2D eigenvalue weighted by atomic mass is 19.1. The van der Waals surface area contributed by atoms with Crippen LogP contribution in [0.15, 0.2) is 59.0 Å². The lowest BCUT2D eigenvalue weighted by molar-refractivity contribution is -0.114. The van der Waals surface area contributed by atoms with Gasteiger partial charge >= 0.3 is 0 Å². The van der Waals surface area contributed by atoms with E-state index in [0.29, 0.717) is 5.56 Å². The van der Waals surface area contributed by atoms with Gasteiger partial charge in [0.05, 0.1) is 6.10 Å². The number of halogens is 2. The van der Waals surface area contributed by atoms with Crippen molar-refractivity contribution in [1.82, 2.24) is 4.90 Å². The molecule has 1 aromatic heterocycles. The Balaban J connectivity index is 1.80. The lowest BCUT2D eigenvalue weighted by Crippen LogP contribution is -2.46. The summed E-state index contributed by atoms with van der Waals surface area (Å²) in [7, 11) is 0. The number of carbonyl (C=O) groups is 2. The highest BCUT2D eigenvalue weighted by Gasteiger charge is 2.26. The van der Waals surface area contributed by atoms with E-state index in [0.717, 1.165) is 35.7 Å². The van der Waals surface area contributed by atoms with Crippen LogP contribution in [0, 0.1) is 11.6 Å². The summed E-state index contributed by atoms with van der Waals surface area (Å²) in [5.41, 5.74) is 8.37. The molecule has 3 aromatic rings. The van der Waals surface area contributed by atoms with E-state index in [-0.39, 0.29) is 37.1 Å². The van der Waals surface area contributed by atoms with Crippen LogP contribution in [0.5, 0.6) is 0 Å². The Morgan fingerprint density at radius 3 is 2.40 bits per heavy atom. The molecule has 0 radical (unpaired) electrons. The zero-order valence-corrected chi connectivity index (χ0v) is 19.6. The SMILES string of the molecule is CCc1cccc(CN(C[C@@H](O)[C@@H](N)Cc2cc(F)cc(F)c2)C(=O)c2ccc(NC(C)=O)o2)c1. The molecule has 0 unspecified atom stereocenters. The van der Waals surface area contributed by atoms with Crippen molar-refractivity contribution in [2.24, 2.45) is 5.73 Å². The number of benzene rings is 2. The fourth-order valence-electron chi connectivity index (χ4n) is 3.74. The molecule has 0 aliphatic rings. The van der Waals surface area contributed by atoms with E-state index in [4.69, 9.17) is 10.2 Å². The minimum Gasteiger partial charge on any atom is -0.435 e. The number of hydrogen-bond acceptors (Lipinski definition) is 5. The molecule has 2 atom stereocenters. The second-order valence-corrected chi connectivity index (χ2v) is 8.42. The number of aryl methyl sites for hydroxylation is 1. The van der Waals surface area contributed by atoms with Crippen LogP contribution in [0.1, 0.15) is 41.1 Å². The molecular formula is C26H29F2N3O4. The number of anilines is 1. The second-order valence-electron chi connectivity index (χ2n) is 8.42. The lowest BCUT2D eigenvalue weighted by atomic mass is 10.0. The van der Waals surface area contributed by atoms with Gasteiger partial charge in [-0.25, -0.2) is 8.78 Å². The molecule has 0 saturated carbocycles. The molecule has 0 bridgehead atoms. The number of aliphatic hydroxyl groups excluding tert-OH is 1. The number of amides is 2. The van der Waals surface area contributed by atoms with Crippen LogP contribution in [0.25, 0.3) is 0 Å². The Labute approximate surface area is 202 Å². The molecule has 0 fully saturated rings. The van der Waals surface area contributed by atoms with Gasteiger partial charge in [0.25, 0.3) is 5.91 Å². The van der Waals surface area contributed by atoms with Gasteiger partial charge in [-0.05, 0) is 47.7 Å². The second kappa shape index (κ2) is 11.7. The van der Waals surface area contributed by atoms with Gasteiger partial charge in [0.1, 0.15) is 11.6 Å². The first-order chi connectivity index (χ1) is 16.6. The molecule has 2 aromatic carbocycles. The van der Waals surface area contributed by atoms with Crippen LogP contribution in [0.3, 0.4) is 0 Å². The van der Waals surface area contributed by atoms with Crippen molar-refractivity contribution in [1.29, 1.82) is 0 Å². The summed E-state index contributed by atoms with van der Waals surface area (Å²) in [5.74, 6) is -2.22. The standard InChI is InChI=1S/C26H29F2N3O4/c1-3-17-5-4-6-18(9-17)14-31(26(34)24-7-8-25(35-24)30-16(2)32)15-23(33)22(29)12-19-10-20(27)13-21(28)11-19/h4-11,13,22-23,33H,3,12,14-15,29H2,1-2H3,(H,30,32)/t22-,23+/m0/s1. The molecule has 9 heteroatoms. The third-order valence-corrected chi connectivity index (χ3v) is 5.47. The summed E-state index contributed by atoms with van der Waals surface area (Å²) in [6.07, 6.45) is -0.363. The van der Waals surface area contributed by atoms with E-state index in [2.05, 4.69) is 5.32 Å². The van der Waals surface area contributed by atoms with E-state index in [1.54, 1.807) is 0 Å². The van der Waals surface area contributed by atoms with Crippen LogP contribution in [0.4, 0.5) is 14.7 Å². The van der Waals surface area contributed by atoms with Gasteiger partial charge in [-0.15, -0.1) is 0 Å². The quantitative estimate of drug-likeness (QED) is 0.406. The zero-order chi connectivity index (χ0) is 25.5. The number of rotatable bonds is 10. The normalized spacial score (nSPS) is 12.7. The van der Waals surface area contributed by atoms with Crippen LogP contribution in [-0.4, -0.2) is 40.5 Å². The minimum atomic E-state index is -1.19. The number of aliphatic hydroxyl groups is 1. The van der Waals surface area contributed by atoms with E-state index in [1.807, 2.05) is 31.2 Å². The Morgan fingerprint density at radius 2 is 1.74 bits per heavy atom. The van der Waals surface area contributed by atoms with Crippen molar-refractivity contribution in [2.45, 2.75) is 45.4 Å². The van der Waals surface area contributed by atoms with Crippen LogP contribution < -0.4 is 11.1 Å². The summed E-state index contributed by atoms with van der Waals surface area (Å²) in [6, 6.07) is 12.8. The highest BCUT2D eigenvalue weighted by molar-refractivity contribution is 5.93. The molecule has 1 heterocycles. The first-order valence-corrected chi connectivity index (χ1v) is 11.3. The summed E-state index contributed by atoms with van der Waals surface area (Å²) < 4.78 is 32.5. The van der Waals surface area contributed by atoms with E-state index in [9.17, 15) is 23.5 Å². The third-order valence-electron chi connectivity index (χ3n) is 5.47. The summed E-state index contributed by atoms with van der Waals surface area (Å²) in [5, 5.41) is 13.3. The average Bonchev–Trinajstić information content (AvgIpc) is 3.25. The predicted octanol–water partition coefficient (Wildman–Crippen LogP) is 3.65. The fourth-order valence-corrected chi connectivity index (χ4v) is 3.74. The Morgan fingerprint density at radius 1 is 1.06 bits per heavy atom. The van der Waals surface area contributed by atoms with Gasteiger partial charge in [0.2, 0.25) is 5.91 Å². The summed E-state index contributed by atoms with van der Waals surface area (Å²) in [4.78, 5) is 25.9. The number of nitrogens with zero attached hydrogens (tertiary/aromatic N) is 1. The molecule has 7 nitrogen and oxygen atoms in total. The molecule has 0 saturated heterocycles. The number of hydrogen-bond donors (Lipinski definition) is 3. The fraction of sp³-hybridized carbons (Fsp3) is 0.308. The molecule has 186 valence electrons. The Bertz CT molecular complexity index is 1160. The summed E-state index contributed by atoms with van der Waals surface area (Å²) >= 11 is 0.